The predicted molar refractivity (Wildman–Crippen MR) is 88.4 cm³/mol. The van der Waals surface area contributed by atoms with Crippen LogP contribution in [0.3, 0.4) is 0 Å². The molecule has 1 aromatic rings. The number of likely N-dealkylation sites (N-methyl/N-ethyl adjacent to an activating group) is 1. The molecule has 1 heterocycles. The highest BCUT2D eigenvalue weighted by Gasteiger charge is 2.27. The molecule has 1 aliphatic rings. The van der Waals surface area contributed by atoms with E-state index < -0.39 is 0 Å². The van der Waals surface area contributed by atoms with E-state index in [2.05, 4.69) is 10.2 Å². The van der Waals surface area contributed by atoms with Gasteiger partial charge in [-0.05, 0) is 52.2 Å². The van der Waals surface area contributed by atoms with Crippen LogP contribution < -0.4 is 10.1 Å². The first-order chi connectivity index (χ1) is 10.6. The summed E-state index contributed by atoms with van der Waals surface area (Å²) in [4.78, 5) is 16.7. The van der Waals surface area contributed by atoms with Crippen LogP contribution in [-0.2, 0) is 0 Å². The Labute approximate surface area is 133 Å². The van der Waals surface area contributed by atoms with E-state index in [1.807, 2.05) is 50.3 Å². The number of rotatable bonds is 7. The molecule has 0 radical (unpaired) electrons. The molecule has 122 valence electrons. The highest BCUT2D eigenvalue weighted by atomic mass is 16.5. The largest absolute Gasteiger partial charge is 0.491 e. The second-order valence-electron chi connectivity index (χ2n) is 6.11. The minimum atomic E-state index is 0.0825. The van der Waals surface area contributed by atoms with Crippen LogP contribution in [-0.4, -0.2) is 69.6 Å². The van der Waals surface area contributed by atoms with Gasteiger partial charge in [0.25, 0.3) is 5.91 Å². The molecule has 1 fully saturated rings. The van der Waals surface area contributed by atoms with Crippen LogP contribution in [0.5, 0.6) is 5.75 Å². The quantitative estimate of drug-likeness (QED) is 0.825. The summed E-state index contributed by atoms with van der Waals surface area (Å²) < 4.78 is 5.80. The van der Waals surface area contributed by atoms with Crippen molar-refractivity contribution in [3.63, 3.8) is 0 Å². The predicted octanol–water partition coefficient (Wildman–Crippen LogP) is 1.31. The van der Waals surface area contributed by atoms with Gasteiger partial charge in [0, 0.05) is 19.6 Å². The van der Waals surface area contributed by atoms with Gasteiger partial charge in [0.15, 0.2) is 0 Å². The second kappa shape index (κ2) is 8.15. The molecular formula is C17H27N3O2. The lowest BCUT2D eigenvalue weighted by Crippen LogP contribution is -2.30. The van der Waals surface area contributed by atoms with Crippen molar-refractivity contribution in [1.29, 1.82) is 0 Å². The summed E-state index contributed by atoms with van der Waals surface area (Å²) in [5.41, 5.74) is 0.673. The van der Waals surface area contributed by atoms with Crippen LogP contribution >= 0.6 is 0 Å². The first-order valence-electron chi connectivity index (χ1n) is 7.92. The molecule has 1 N–H and O–H groups in total. The van der Waals surface area contributed by atoms with Crippen LogP contribution in [0.2, 0.25) is 0 Å². The number of benzene rings is 1. The van der Waals surface area contributed by atoms with E-state index in [-0.39, 0.29) is 5.91 Å². The van der Waals surface area contributed by atoms with E-state index in [1.54, 1.807) is 0 Å². The Bertz CT molecular complexity index is 491. The third-order valence-electron chi connectivity index (χ3n) is 3.98. The van der Waals surface area contributed by atoms with Gasteiger partial charge in [0.05, 0.1) is 5.56 Å². The Morgan fingerprint density at radius 3 is 2.91 bits per heavy atom. The lowest BCUT2D eigenvalue weighted by Gasteiger charge is -2.19. The molecule has 22 heavy (non-hydrogen) atoms. The number of carbonyl (C=O) groups excluding carboxylic acids is 1. The van der Waals surface area contributed by atoms with E-state index in [9.17, 15) is 4.79 Å². The van der Waals surface area contributed by atoms with Gasteiger partial charge in [-0.15, -0.1) is 0 Å². The summed E-state index contributed by atoms with van der Waals surface area (Å²) in [6, 6.07) is 7.55. The van der Waals surface area contributed by atoms with Crippen LogP contribution in [0, 0.1) is 5.92 Å². The molecule has 5 heteroatoms. The molecule has 0 spiro atoms. The number of carbonyl (C=O) groups is 1. The maximum atomic E-state index is 12.7. The zero-order valence-electron chi connectivity index (χ0n) is 13.8. The SMILES string of the molecule is CNCC1CCN(C(=O)c2ccccc2OCCN(C)C)C1. The molecule has 1 aliphatic heterocycles. The fourth-order valence-corrected chi connectivity index (χ4v) is 2.75. The van der Waals surface area contributed by atoms with Gasteiger partial charge in [-0.1, -0.05) is 12.1 Å². The summed E-state index contributed by atoms with van der Waals surface area (Å²) in [5.74, 6) is 1.32. The van der Waals surface area contributed by atoms with Gasteiger partial charge in [0.1, 0.15) is 12.4 Å². The Kier molecular flexibility index (Phi) is 6.21. The van der Waals surface area contributed by atoms with Gasteiger partial charge < -0.3 is 19.9 Å². The van der Waals surface area contributed by atoms with E-state index in [4.69, 9.17) is 4.74 Å². The van der Waals surface area contributed by atoms with E-state index in [1.165, 1.54) is 0 Å². The number of hydrogen-bond acceptors (Lipinski definition) is 4. The van der Waals surface area contributed by atoms with Crippen molar-refractivity contribution in [3.05, 3.63) is 29.8 Å². The number of para-hydroxylation sites is 1. The van der Waals surface area contributed by atoms with Gasteiger partial charge in [-0.3, -0.25) is 4.79 Å². The first-order valence-corrected chi connectivity index (χ1v) is 7.92. The number of ether oxygens (including phenoxy) is 1. The third kappa shape index (κ3) is 4.45. The summed E-state index contributed by atoms with van der Waals surface area (Å²) in [5, 5.41) is 3.19. The summed E-state index contributed by atoms with van der Waals surface area (Å²) in [7, 11) is 5.97. The topological polar surface area (TPSA) is 44.8 Å². The molecule has 1 atom stereocenters. The second-order valence-corrected chi connectivity index (χ2v) is 6.11. The van der Waals surface area contributed by atoms with Crippen molar-refractivity contribution in [2.24, 2.45) is 5.92 Å². The van der Waals surface area contributed by atoms with Crippen molar-refractivity contribution in [3.8, 4) is 5.75 Å². The highest BCUT2D eigenvalue weighted by molar-refractivity contribution is 5.97. The van der Waals surface area contributed by atoms with Crippen molar-refractivity contribution >= 4 is 5.91 Å². The molecule has 1 saturated heterocycles. The Balaban J connectivity index is 2.00. The number of nitrogens with one attached hydrogen (secondary N) is 1. The van der Waals surface area contributed by atoms with Crippen molar-refractivity contribution in [2.75, 3.05) is 53.9 Å². The molecule has 1 aromatic carbocycles. The zero-order chi connectivity index (χ0) is 15.9. The third-order valence-corrected chi connectivity index (χ3v) is 3.98. The van der Waals surface area contributed by atoms with Gasteiger partial charge in [0.2, 0.25) is 0 Å². The van der Waals surface area contributed by atoms with E-state index in [0.29, 0.717) is 23.8 Å². The Hall–Kier alpha value is -1.59. The van der Waals surface area contributed by atoms with E-state index in [0.717, 1.165) is 32.6 Å². The minimum Gasteiger partial charge on any atom is -0.491 e. The number of nitrogens with zero attached hydrogens (tertiary/aromatic N) is 2. The molecule has 0 bridgehead atoms. The molecule has 5 nitrogen and oxygen atoms in total. The van der Waals surface area contributed by atoms with Crippen LogP contribution in [0.1, 0.15) is 16.8 Å². The number of amides is 1. The molecule has 0 aliphatic carbocycles. The summed E-state index contributed by atoms with van der Waals surface area (Å²) in [6.45, 7) is 4.03. The lowest BCUT2D eigenvalue weighted by atomic mass is 10.1. The zero-order valence-corrected chi connectivity index (χ0v) is 13.8. The Morgan fingerprint density at radius 2 is 2.18 bits per heavy atom. The van der Waals surface area contributed by atoms with Crippen LogP contribution in [0.25, 0.3) is 0 Å². The molecule has 1 amide bonds. The van der Waals surface area contributed by atoms with Gasteiger partial charge in [-0.2, -0.15) is 0 Å². The van der Waals surface area contributed by atoms with Crippen LogP contribution in [0.15, 0.2) is 24.3 Å². The molecule has 1 unspecified atom stereocenters. The standard InChI is InChI=1S/C17H27N3O2/c1-18-12-14-8-9-20(13-14)17(21)15-6-4-5-7-16(15)22-11-10-19(2)3/h4-7,14,18H,8-13H2,1-3H3. The van der Waals surface area contributed by atoms with Gasteiger partial charge >= 0.3 is 0 Å². The van der Waals surface area contributed by atoms with Crippen molar-refractivity contribution in [1.82, 2.24) is 15.1 Å². The Morgan fingerprint density at radius 1 is 1.41 bits per heavy atom. The van der Waals surface area contributed by atoms with Gasteiger partial charge in [-0.25, -0.2) is 0 Å². The van der Waals surface area contributed by atoms with Crippen molar-refractivity contribution < 1.29 is 9.53 Å². The first kappa shape index (κ1) is 16.8. The monoisotopic (exact) mass is 305 g/mol. The molecular weight excluding hydrogens is 278 g/mol. The average molecular weight is 305 g/mol. The maximum Gasteiger partial charge on any atom is 0.257 e. The average Bonchev–Trinajstić information content (AvgIpc) is 2.96. The fourth-order valence-electron chi connectivity index (χ4n) is 2.75. The van der Waals surface area contributed by atoms with Crippen molar-refractivity contribution in [2.45, 2.75) is 6.42 Å². The normalized spacial score (nSPS) is 18.0. The summed E-state index contributed by atoms with van der Waals surface area (Å²) >= 11 is 0. The highest BCUT2D eigenvalue weighted by Crippen LogP contribution is 2.23. The smallest absolute Gasteiger partial charge is 0.257 e. The van der Waals surface area contributed by atoms with E-state index >= 15 is 0 Å². The minimum absolute atomic E-state index is 0.0825. The van der Waals surface area contributed by atoms with Crippen LogP contribution in [0.4, 0.5) is 0 Å². The fraction of sp³-hybridized carbons (Fsp3) is 0.588. The lowest BCUT2D eigenvalue weighted by molar-refractivity contribution is 0.0782. The number of likely N-dealkylation sites (tertiary alicyclic amines) is 1. The molecule has 2 rings (SSSR count). The maximum absolute atomic E-state index is 12.7. The summed E-state index contributed by atoms with van der Waals surface area (Å²) in [6.07, 6.45) is 1.07. The molecule has 0 aromatic heterocycles. The number of hydrogen-bond donors (Lipinski definition) is 1. The molecule has 0 saturated carbocycles.